The lowest BCUT2D eigenvalue weighted by atomic mass is 10.2. The van der Waals surface area contributed by atoms with E-state index in [4.69, 9.17) is 4.74 Å². The molecule has 0 spiro atoms. The Kier molecular flexibility index (Phi) is 6.86. The topological polar surface area (TPSA) is 118 Å². The normalized spacial score (nSPS) is 12.2. The summed E-state index contributed by atoms with van der Waals surface area (Å²) < 4.78 is 14.1. The molecule has 2 heterocycles. The predicted octanol–water partition coefficient (Wildman–Crippen LogP) is 0.447. The van der Waals surface area contributed by atoms with E-state index >= 15 is 0 Å². The van der Waals surface area contributed by atoms with Gasteiger partial charge in [0.15, 0.2) is 16.3 Å². The van der Waals surface area contributed by atoms with Crippen LogP contribution in [-0.4, -0.2) is 55.3 Å². The molecular formula is C20H24N4O6S. The van der Waals surface area contributed by atoms with Gasteiger partial charge in [-0.1, -0.05) is 30.0 Å². The molecule has 0 aliphatic rings. The fourth-order valence-corrected chi connectivity index (χ4v) is 3.89. The van der Waals surface area contributed by atoms with Crippen molar-refractivity contribution in [3.8, 4) is 5.75 Å². The van der Waals surface area contributed by atoms with Crippen molar-refractivity contribution in [2.75, 3.05) is 19.5 Å². The molecule has 1 atom stereocenters. The maximum Gasteiger partial charge on any atom is 0.332 e. The minimum atomic E-state index is -0.976. The number of para-hydroxylation sites is 1. The summed E-state index contributed by atoms with van der Waals surface area (Å²) in [5, 5.41) is 10.9. The number of fused-ring (bicyclic) bond motifs is 1. The number of methoxy groups -OCH3 is 1. The van der Waals surface area contributed by atoms with Crippen molar-refractivity contribution in [3.63, 3.8) is 0 Å². The number of rotatable bonds is 8. The minimum Gasteiger partial charge on any atom is -0.491 e. The zero-order chi connectivity index (χ0) is 22.7. The van der Waals surface area contributed by atoms with Crippen LogP contribution in [0.4, 0.5) is 0 Å². The molecule has 166 valence electrons. The molecule has 0 aliphatic heterocycles. The van der Waals surface area contributed by atoms with Gasteiger partial charge in [-0.2, -0.15) is 0 Å². The van der Waals surface area contributed by atoms with Crippen molar-refractivity contribution in [1.29, 1.82) is 0 Å². The molecule has 0 aliphatic carbocycles. The van der Waals surface area contributed by atoms with Crippen LogP contribution in [0.25, 0.3) is 11.2 Å². The first-order valence-electron chi connectivity index (χ1n) is 9.47. The molecule has 3 rings (SSSR count). The number of carbonyl (C=O) groups excluding carboxylic acids is 1. The van der Waals surface area contributed by atoms with Crippen LogP contribution < -0.4 is 16.0 Å². The summed E-state index contributed by atoms with van der Waals surface area (Å²) in [5.41, 5.74) is 0.206. The third-order valence-electron chi connectivity index (χ3n) is 4.78. The molecule has 0 saturated carbocycles. The zero-order valence-electron chi connectivity index (χ0n) is 17.7. The summed E-state index contributed by atoms with van der Waals surface area (Å²) in [7, 11) is 4.16. The second kappa shape index (κ2) is 9.40. The van der Waals surface area contributed by atoms with Crippen LogP contribution in [0, 0.1) is 6.92 Å². The number of thioether (sulfide) groups is 1. The summed E-state index contributed by atoms with van der Waals surface area (Å²) in [6.45, 7) is 1.87. The van der Waals surface area contributed by atoms with Gasteiger partial charge in [-0.15, -0.1) is 0 Å². The van der Waals surface area contributed by atoms with E-state index < -0.39 is 23.3 Å². The Morgan fingerprint density at radius 3 is 2.61 bits per heavy atom. The first-order chi connectivity index (χ1) is 14.7. The number of imidazole rings is 1. The Bertz CT molecular complexity index is 1230. The van der Waals surface area contributed by atoms with E-state index in [1.54, 1.807) is 6.07 Å². The largest absolute Gasteiger partial charge is 0.491 e. The predicted molar refractivity (Wildman–Crippen MR) is 116 cm³/mol. The molecule has 1 unspecified atom stereocenters. The Balaban J connectivity index is 1.96. The summed E-state index contributed by atoms with van der Waals surface area (Å²) >= 11 is 1.06. The average molecular weight is 449 g/mol. The molecule has 10 nitrogen and oxygen atoms in total. The molecular weight excluding hydrogens is 424 g/mol. The monoisotopic (exact) mass is 448 g/mol. The van der Waals surface area contributed by atoms with Crippen molar-refractivity contribution in [2.24, 2.45) is 14.1 Å². The highest BCUT2D eigenvalue weighted by molar-refractivity contribution is 7.99. The molecule has 31 heavy (non-hydrogen) atoms. The van der Waals surface area contributed by atoms with Crippen LogP contribution in [0.15, 0.2) is 39.0 Å². The number of carbonyl (C=O) groups is 1. The first kappa shape index (κ1) is 22.6. The summed E-state index contributed by atoms with van der Waals surface area (Å²) in [5.74, 6) is 0.147. The van der Waals surface area contributed by atoms with Gasteiger partial charge in [-0.3, -0.25) is 18.7 Å². The number of aromatic nitrogens is 4. The number of esters is 1. The molecule has 0 fully saturated rings. The quantitative estimate of drug-likeness (QED) is 0.390. The van der Waals surface area contributed by atoms with Crippen LogP contribution in [0.1, 0.15) is 5.56 Å². The second-order valence-electron chi connectivity index (χ2n) is 6.98. The Labute approximate surface area is 182 Å². The summed E-state index contributed by atoms with van der Waals surface area (Å²) in [6.07, 6.45) is -0.976. The standard InChI is InChI=1S/C20H24N4O6S/c1-12-7-5-6-8-14(12)30-10-13(25)9-24-16-17(21-19(24)31-11-15(26)29-4)22(2)20(28)23(3)18(16)27/h5-8,13,25H,9-11H2,1-4H3. The number of hydrogen-bond acceptors (Lipinski definition) is 8. The number of aryl methyl sites for hydroxylation is 2. The molecule has 0 amide bonds. The Hall–Kier alpha value is -3.05. The summed E-state index contributed by atoms with van der Waals surface area (Å²) in [6, 6.07) is 7.43. The van der Waals surface area contributed by atoms with E-state index in [2.05, 4.69) is 9.72 Å². The Morgan fingerprint density at radius 1 is 1.23 bits per heavy atom. The van der Waals surface area contributed by atoms with Crippen LogP contribution in [-0.2, 0) is 30.2 Å². The van der Waals surface area contributed by atoms with Crippen molar-refractivity contribution < 1.29 is 19.4 Å². The number of ether oxygens (including phenoxy) is 2. The maximum atomic E-state index is 12.8. The van der Waals surface area contributed by atoms with Crippen molar-refractivity contribution >= 4 is 28.9 Å². The molecule has 0 bridgehead atoms. The number of nitrogens with zero attached hydrogens (tertiary/aromatic N) is 4. The van der Waals surface area contributed by atoms with Crippen LogP contribution >= 0.6 is 11.8 Å². The number of aliphatic hydroxyl groups is 1. The van der Waals surface area contributed by atoms with Gasteiger partial charge >= 0.3 is 11.7 Å². The van der Waals surface area contributed by atoms with Crippen molar-refractivity contribution in [2.45, 2.75) is 24.7 Å². The summed E-state index contributed by atoms with van der Waals surface area (Å²) in [4.78, 5) is 41.1. The van der Waals surface area contributed by atoms with E-state index in [0.717, 1.165) is 21.9 Å². The zero-order valence-corrected chi connectivity index (χ0v) is 18.5. The SMILES string of the molecule is COC(=O)CSc1nc2c(c(=O)n(C)c(=O)n2C)n1CC(O)COc1ccccc1C. The van der Waals surface area contributed by atoms with E-state index in [1.165, 1.54) is 30.3 Å². The van der Waals surface area contributed by atoms with Gasteiger partial charge in [0.2, 0.25) is 0 Å². The second-order valence-corrected chi connectivity index (χ2v) is 7.92. The third kappa shape index (κ3) is 4.67. The molecule has 1 N–H and O–H groups in total. The molecule has 11 heteroatoms. The number of aliphatic hydroxyl groups excluding tert-OH is 1. The highest BCUT2D eigenvalue weighted by atomic mass is 32.2. The fourth-order valence-electron chi connectivity index (χ4n) is 3.06. The van der Waals surface area contributed by atoms with Gasteiger partial charge in [0, 0.05) is 14.1 Å². The molecule has 1 aromatic carbocycles. The van der Waals surface area contributed by atoms with E-state index in [9.17, 15) is 19.5 Å². The fraction of sp³-hybridized carbons (Fsp3) is 0.400. The Morgan fingerprint density at radius 2 is 1.94 bits per heavy atom. The van der Waals surface area contributed by atoms with Crippen LogP contribution in [0.3, 0.4) is 0 Å². The highest BCUT2D eigenvalue weighted by Gasteiger charge is 2.22. The molecule has 2 aromatic heterocycles. The highest BCUT2D eigenvalue weighted by Crippen LogP contribution is 2.23. The number of hydrogen-bond donors (Lipinski definition) is 1. The van der Waals surface area contributed by atoms with Gasteiger partial charge in [0.25, 0.3) is 5.56 Å². The molecule has 3 aromatic rings. The van der Waals surface area contributed by atoms with Crippen LogP contribution in [0.5, 0.6) is 5.75 Å². The van der Waals surface area contributed by atoms with Gasteiger partial charge < -0.3 is 19.1 Å². The minimum absolute atomic E-state index is 0.0146. The molecule has 0 radical (unpaired) electrons. The number of benzene rings is 1. The van der Waals surface area contributed by atoms with E-state index in [0.29, 0.717) is 10.9 Å². The lowest BCUT2D eigenvalue weighted by Crippen LogP contribution is -2.38. The molecule has 0 saturated heterocycles. The first-order valence-corrected chi connectivity index (χ1v) is 10.5. The third-order valence-corrected chi connectivity index (χ3v) is 5.73. The van der Waals surface area contributed by atoms with Crippen molar-refractivity contribution in [1.82, 2.24) is 18.7 Å². The van der Waals surface area contributed by atoms with E-state index in [-0.39, 0.29) is 30.1 Å². The maximum absolute atomic E-state index is 12.8. The van der Waals surface area contributed by atoms with Gasteiger partial charge in [0.05, 0.1) is 19.4 Å². The lowest BCUT2D eigenvalue weighted by molar-refractivity contribution is -0.137. The van der Waals surface area contributed by atoms with Crippen molar-refractivity contribution in [3.05, 3.63) is 50.7 Å². The smallest absolute Gasteiger partial charge is 0.332 e. The van der Waals surface area contributed by atoms with Gasteiger partial charge in [-0.05, 0) is 18.6 Å². The van der Waals surface area contributed by atoms with E-state index in [1.807, 2.05) is 25.1 Å². The lowest BCUT2D eigenvalue weighted by Gasteiger charge is -2.16. The van der Waals surface area contributed by atoms with Gasteiger partial charge in [-0.25, -0.2) is 9.78 Å². The van der Waals surface area contributed by atoms with Crippen LogP contribution in [0.2, 0.25) is 0 Å². The average Bonchev–Trinajstić information content (AvgIpc) is 3.12. The van der Waals surface area contributed by atoms with Gasteiger partial charge in [0.1, 0.15) is 18.5 Å².